The molecule has 28 heavy (non-hydrogen) atoms. The molecule has 154 valence electrons. The number of hydrogen-bond acceptors (Lipinski definition) is 6. The highest BCUT2D eigenvalue weighted by atomic mass is 16.6. The van der Waals surface area contributed by atoms with Crippen LogP contribution in [0.5, 0.6) is 0 Å². The minimum absolute atomic E-state index is 0.00811. The Hall–Kier alpha value is -2.84. The molecule has 9 nitrogen and oxygen atoms in total. The Kier molecular flexibility index (Phi) is 6.16. The number of amides is 2. The molecule has 1 aromatic carbocycles. The highest BCUT2D eigenvalue weighted by Gasteiger charge is 2.32. The van der Waals surface area contributed by atoms with Gasteiger partial charge in [-0.2, -0.15) is 0 Å². The van der Waals surface area contributed by atoms with E-state index in [2.05, 4.69) is 5.32 Å². The first-order chi connectivity index (χ1) is 12.9. The second kappa shape index (κ2) is 8.04. The van der Waals surface area contributed by atoms with Crippen molar-refractivity contribution in [2.75, 3.05) is 18.8 Å². The van der Waals surface area contributed by atoms with E-state index < -0.39 is 16.4 Å². The molecule has 2 atom stereocenters. The summed E-state index contributed by atoms with van der Waals surface area (Å²) in [6.07, 6.45) is 0.183. The number of hydrogen-bond donors (Lipinski definition) is 2. The number of carbonyl (C=O) groups excluding carboxylic acids is 2. The Balaban J connectivity index is 2.07. The van der Waals surface area contributed by atoms with Crippen LogP contribution in [-0.4, -0.2) is 46.6 Å². The van der Waals surface area contributed by atoms with Crippen LogP contribution in [0, 0.1) is 23.0 Å². The molecule has 0 aliphatic carbocycles. The van der Waals surface area contributed by atoms with Gasteiger partial charge in [0.15, 0.2) is 0 Å². The summed E-state index contributed by atoms with van der Waals surface area (Å²) in [6.45, 7) is 9.94. The zero-order chi connectivity index (χ0) is 21.2. The average Bonchev–Trinajstić information content (AvgIpc) is 2.56. The SMILES string of the molecule is Cc1cc(C(=O)N[C@H]2CCN(C(=O)OC(C)(C)C)C[C@@H]2C)c(N)c([N+](=O)[O-])c1. The van der Waals surface area contributed by atoms with Crippen molar-refractivity contribution in [3.05, 3.63) is 33.4 Å². The number of nitrogens with one attached hydrogen (secondary N) is 1. The van der Waals surface area contributed by atoms with Gasteiger partial charge < -0.3 is 20.7 Å². The molecule has 0 unspecified atom stereocenters. The molecular formula is C19H28N4O5. The number of carbonyl (C=O) groups is 2. The molecule has 3 N–H and O–H groups in total. The molecule has 0 bridgehead atoms. The average molecular weight is 392 g/mol. The minimum atomic E-state index is -0.596. The number of likely N-dealkylation sites (tertiary alicyclic amines) is 1. The maximum absolute atomic E-state index is 12.7. The molecule has 2 rings (SSSR count). The Bertz CT molecular complexity index is 787. The van der Waals surface area contributed by atoms with E-state index in [4.69, 9.17) is 10.5 Å². The predicted molar refractivity (Wildman–Crippen MR) is 105 cm³/mol. The van der Waals surface area contributed by atoms with E-state index in [-0.39, 0.29) is 35.0 Å². The van der Waals surface area contributed by atoms with Crippen LogP contribution >= 0.6 is 0 Å². The summed E-state index contributed by atoms with van der Waals surface area (Å²) >= 11 is 0. The molecule has 9 heteroatoms. The molecule has 0 aromatic heterocycles. The Labute approximate surface area is 164 Å². The summed E-state index contributed by atoms with van der Waals surface area (Å²) in [5, 5.41) is 14.0. The summed E-state index contributed by atoms with van der Waals surface area (Å²) < 4.78 is 5.39. The van der Waals surface area contributed by atoms with Gasteiger partial charge in [-0.1, -0.05) is 6.92 Å². The second-order valence-corrected chi connectivity index (χ2v) is 8.27. The number of piperidine rings is 1. The van der Waals surface area contributed by atoms with Gasteiger partial charge in [0.1, 0.15) is 11.3 Å². The van der Waals surface area contributed by atoms with E-state index in [0.717, 1.165) is 0 Å². The van der Waals surface area contributed by atoms with Crippen molar-refractivity contribution in [3.63, 3.8) is 0 Å². The molecule has 2 amide bonds. The standard InChI is InChI=1S/C19H28N4O5/c1-11-8-13(16(20)15(9-11)23(26)27)17(24)21-14-6-7-22(10-12(14)2)18(25)28-19(3,4)5/h8-9,12,14H,6-7,10,20H2,1-5H3,(H,21,24)/t12-,14-/m0/s1. The topological polar surface area (TPSA) is 128 Å². The molecular weight excluding hydrogens is 364 g/mol. The van der Waals surface area contributed by atoms with Crippen LogP contribution in [0.25, 0.3) is 0 Å². The van der Waals surface area contributed by atoms with Gasteiger partial charge in [-0.25, -0.2) is 4.79 Å². The largest absolute Gasteiger partial charge is 0.444 e. The second-order valence-electron chi connectivity index (χ2n) is 8.27. The first-order valence-corrected chi connectivity index (χ1v) is 9.22. The van der Waals surface area contributed by atoms with Crippen molar-refractivity contribution in [3.8, 4) is 0 Å². The lowest BCUT2D eigenvalue weighted by Gasteiger charge is -2.37. The molecule has 1 aromatic rings. The summed E-state index contributed by atoms with van der Waals surface area (Å²) in [7, 11) is 0. The fourth-order valence-electron chi connectivity index (χ4n) is 3.22. The van der Waals surface area contributed by atoms with Crippen LogP contribution in [0.2, 0.25) is 0 Å². The van der Waals surface area contributed by atoms with Crippen LogP contribution < -0.4 is 11.1 Å². The smallest absolute Gasteiger partial charge is 0.410 e. The molecule has 1 saturated heterocycles. The number of benzene rings is 1. The predicted octanol–water partition coefficient (Wildman–Crippen LogP) is 2.86. The van der Waals surface area contributed by atoms with Crippen molar-refractivity contribution in [1.82, 2.24) is 10.2 Å². The summed E-state index contributed by atoms with van der Waals surface area (Å²) in [4.78, 5) is 37.1. The van der Waals surface area contributed by atoms with Crippen LogP contribution in [-0.2, 0) is 4.74 Å². The van der Waals surface area contributed by atoms with Crippen LogP contribution in [0.15, 0.2) is 12.1 Å². The number of ether oxygens (including phenoxy) is 1. The monoisotopic (exact) mass is 392 g/mol. The van der Waals surface area contributed by atoms with E-state index in [0.29, 0.717) is 25.1 Å². The van der Waals surface area contributed by atoms with Gasteiger partial charge in [-0.15, -0.1) is 0 Å². The van der Waals surface area contributed by atoms with E-state index >= 15 is 0 Å². The van der Waals surface area contributed by atoms with Crippen LogP contribution in [0.4, 0.5) is 16.2 Å². The van der Waals surface area contributed by atoms with Gasteiger partial charge in [0.2, 0.25) is 0 Å². The number of nitrogen functional groups attached to an aromatic ring is 1. The summed E-state index contributed by atoms with van der Waals surface area (Å²) in [5.74, 6) is -0.460. The number of anilines is 1. The maximum atomic E-state index is 12.7. The van der Waals surface area contributed by atoms with E-state index in [1.54, 1.807) is 11.8 Å². The van der Waals surface area contributed by atoms with Crippen molar-refractivity contribution in [1.29, 1.82) is 0 Å². The molecule has 0 saturated carbocycles. The van der Waals surface area contributed by atoms with Gasteiger partial charge in [0.25, 0.3) is 11.6 Å². The highest BCUT2D eigenvalue weighted by molar-refractivity contribution is 6.01. The number of rotatable bonds is 3. The molecule has 1 heterocycles. The number of nitro benzene ring substituents is 1. The molecule has 1 fully saturated rings. The lowest BCUT2D eigenvalue weighted by Crippen LogP contribution is -2.52. The summed E-state index contributed by atoms with van der Waals surface area (Å²) in [6, 6.07) is 2.71. The lowest BCUT2D eigenvalue weighted by molar-refractivity contribution is -0.384. The fraction of sp³-hybridized carbons (Fsp3) is 0.579. The first-order valence-electron chi connectivity index (χ1n) is 9.22. The first kappa shape index (κ1) is 21.5. The third-order valence-electron chi connectivity index (χ3n) is 4.62. The van der Waals surface area contributed by atoms with Gasteiger partial charge >= 0.3 is 6.09 Å². The van der Waals surface area contributed by atoms with Crippen molar-refractivity contribution >= 4 is 23.4 Å². The minimum Gasteiger partial charge on any atom is -0.444 e. The van der Waals surface area contributed by atoms with Gasteiger partial charge in [-0.3, -0.25) is 14.9 Å². The van der Waals surface area contributed by atoms with Crippen LogP contribution in [0.1, 0.15) is 50.0 Å². The zero-order valence-electron chi connectivity index (χ0n) is 16.9. The van der Waals surface area contributed by atoms with Crippen molar-refractivity contribution in [2.24, 2.45) is 5.92 Å². The van der Waals surface area contributed by atoms with Gasteiger partial charge in [0, 0.05) is 25.2 Å². The summed E-state index contributed by atoms with van der Waals surface area (Å²) in [5.41, 5.74) is 5.52. The Morgan fingerprint density at radius 3 is 2.54 bits per heavy atom. The van der Waals surface area contributed by atoms with Crippen molar-refractivity contribution in [2.45, 2.75) is 52.7 Å². The number of aryl methyl sites for hydroxylation is 1. The lowest BCUT2D eigenvalue weighted by atomic mass is 9.93. The molecule has 0 spiro atoms. The number of nitrogens with two attached hydrogens (primary N) is 1. The Morgan fingerprint density at radius 1 is 1.36 bits per heavy atom. The van der Waals surface area contributed by atoms with Gasteiger partial charge in [0.05, 0.1) is 10.5 Å². The fourth-order valence-corrected chi connectivity index (χ4v) is 3.22. The van der Waals surface area contributed by atoms with Crippen molar-refractivity contribution < 1.29 is 19.2 Å². The third kappa shape index (κ3) is 5.11. The quantitative estimate of drug-likeness (QED) is 0.462. The van der Waals surface area contributed by atoms with Crippen LogP contribution in [0.3, 0.4) is 0 Å². The van der Waals surface area contributed by atoms with E-state index in [1.165, 1.54) is 12.1 Å². The van der Waals surface area contributed by atoms with Gasteiger partial charge in [-0.05, 0) is 51.7 Å². The highest BCUT2D eigenvalue weighted by Crippen LogP contribution is 2.28. The zero-order valence-corrected chi connectivity index (χ0v) is 16.9. The Morgan fingerprint density at radius 2 is 2.00 bits per heavy atom. The normalized spacial score (nSPS) is 19.8. The molecule has 1 aliphatic heterocycles. The maximum Gasteiger partial charge on any atom is 0.410 e. The molecule has 1 aliphatic rings. The van der Waals surface area contributed by atoms with E-state index in [1.807, 2.05) is 27.7 Å². The van der Waals surface area contributed by atoms with E-state index in [9.17, 15) is 19.7 Å². The number of nitro groups is 1. The number of nitrogens with zero attached hydrogens (tertiary/aromatic N) is 2. The third-order valence-corrected chi connectivity index (χ3v) is 4.62. The molecule has 0 radical (unpaired) electrons.